The molecule has 6 nitrogen and oxygen atoms in total. The highest BCUT2D eigenvalue weighted by atomic mass is 32.1. The van der Waals surface area contributed by atoms with E-state index in [1.807, 2.05) is 6.07 Å². The van der Waals surface area contributed by atoms with E-state index in [4.69, 9.17) is 5.26 Å². The van der Waals surface area contributed by atoms with Gasteiger partial charge in [0.05, 0.1) is 5.39 Å². The number of nitrogens with zero attached hydrogens (tertiary/aromatic N) is 6. The summed E-state index contributed by atoms with van der Waals surface area (Å²) < 4.78 is 1.64. The van der Waals surface area contributed by atoms with Crippen molar-refractivity contribution in [1.29, 1.82) is 5.26 Å². The molecule has 20 heavy (non-hydrogen) atoms. The maximum absolute atomic E-state index is 9.12. The number of rotatable bonds is 1. The highest BCUT2D eigenvalue weighted by molar-refractivity contribution is 7.18. The minimum Gasteiger partial charge on any atom is -0.256 e. The first kappa shape index (κ1) is 11.5. The Balaban J connectivity index is 2.05. The summed E-state index contributed by atoms with van der Waals surface area (Å²) in [6, 6.07) is 2.04. The van der Waals surface area contributed by atoms with Crippen molar-refractivity contribution in [3.8, 4) is 11.9 Å². The van der Waals surface area contributed by atoms with Crippen LogP contribution in [0, 0.1) is 11.3 Å². The Kier molecular flexibility index (Phi) is 2.50. The van der Waals surface area contributed by atoms with Gasteiger partial charge in [0, 0.05) is 4.88 Å². The van der Waals surface area contributed by atoms with Gasteiger partial charge in [-0.25, -0.2) is 9.97 Å². The predicted molar refractivity (Wildman–Crippen MR) is 73.7 cm³/mol. The zero-order chi connectivity index (χ0) is 13.5. The average Bonchev–Trinajstić information content (AvgIpc) is 3.10. The minimum atomic E-state index is 0.251. The first-order chi connectivity index (χ1) is 9.88. The molecule has 0 amide bonds. The maximum Gasteiger partial charge on any atom is 0.240 e. The third-order valence-electron chi connectivity index (χ3n) is 3.61. The monoisotopic (exact) mass is 282 g/mol. The van der Waals surface area contributed by atoms with Crippen LogP contribution in [0.2, 0.25) is 0 Å². The van der Waals surface area contributed by atoms with Gasteiger partial charge in [-0.1, -0.05) is 0 Å². The summed E-state index contributed by atoms with van der Waals surface area (Å²) in [6.45, 7) is 0. The van der Waals surface area contributed by atoms with E-state index in [0.717, 1.165) is 28.9 Å². The van der Waals surface area contributed by atoms with Crippen molar-refractivity contribution in [3.05, 3.63) is 28.9 Å². The lowest BCUT2D eigenvalue weighted by atomic mass is 9.97. The van der Waals surface area contributed by atoms with Crippen LogP contribution in [0.15, 0.2) is 12.7 Å². The third kappa shape index (κ3) is 1.55. The molecule has 0 spiro atoms. The van der Waals surface area contributed by atoms with Gasteiger partial charge in [-0.15, -0.1) is 21.5 Å². The van der Waals surface area contributed by atoms with Gasteiger partial charge in [-0.3, -0.25) is 4.57 Å². The van der Waals surface area contributed by atoms with Crippen LogP contribution in [0.3, 0.4) is 0 Å². The Hall–Kier alpha value is -2.33. The second-order valence-electron chi connectivity index (χ2n) is 4.72. The van der Waals surface area contributed by atoms with Crippen LogP contribution in [0.5, 0.6) is 0 Å². The molecule has 4 rings (SSSR count). The molecule has 3 aromatic heterocycles. The minimum absolute atomic E-state index is 0.251. The van der Waals surface area contributed by atoms with E-state index in [0.29, 0.717) is 0 Å². The zero-order valence-electron chi connectivity index (χ0n) is 10.6. The van der Waals surface area contributed by atoms with Crippen molar-refractivity contribution in [2.24, 2.45) is 0 Å². The summed E-state index contributed by atoms with van der Waals surface area (Å²) in [7, 11) is 0. The number of fused-ring (bicyclic) bond motifs is 3. The molecule has 7 heteroatoms. The Morgan fingerprint density at radius 1 is 1.25 bits per heavy atom. The molecule has 0 N–H and O–H groups in total. The SMILES string of the molecule is N#Cc1nncn1-c1ncnc2sc3c(c12)CCCC3. The fraction of sp³-hybridized carbons (Fsp3) is 0.308. The standard InChI is InChI=1S/C13H10N6S/c14-5-10-18-17-7-19(10)12-11-8-3-1-2-4-9(8)20-13(11)16-6-15-12/h6-7H,1-4H2. The lowest BCUT2D eigenvalue weighted by Crippen LogP contribution is -2.04. The largest absolute Gasteiger partial charge is 0.256 e. The van der Waals surface area contributed by atoms with Crippen LogP contribution < -0.4 is 0 Å². The van der Waals surface area contributed by atoms with E-state index in [9.17, 15) is 0 Å². The highest BCUT2D eigenvalue weighted by Crippen LogP contribution is 2.37. The molecule has 0 radical (unpaired) electrons. The Bertz CT molecular complexity index is 840. The number of hydrogen-bond acceptors (Lipinski definition) is 6. The Labute approximate surface area is 118 Å². The maximum atomic E-state index is 9.12. The second kappa shape index (κ2) is 4.35. The lowest BCUT2D eigenvalue weighted by molar-refractivity contribution is 0.700. The van der Waals surface area contributed by atoms with Gasteiger partial charge in [0.25, 0.3) is 0 Å². The molecule has 98 valence electrons. The molecule has 1 aliphatic rings. The molecular formula is C13H10N6S. The average molecular weight is 282 g/mol. The van der Waals surface area contributed by atoms with Crippen LogP contribution in [-0.4, -0.2) is 24.7 Å². The third-order valence-corrected chi connectivity index (χ3v) is 4.81. The zero-order valence-corrected chi connectivity index (χ0v) is 11.4. The van der Waals surface area contributed by atoms with Crippen LogP contribution in [-0.2, 0) is 12.8 Å². The molecule has 0 bridgehead atoms. The molecule has 0 saturated heterocycles. The molecular weight excluding hydrogens is 272 g/mol. The summed E-state index contributed by atoms with van der Waals surface area (Å²) in [5, 5.41) is 17.8. The van der Waals surface area contributed by atoms with E-state index in [2.05, 4.69) is 20.2 Å². The van der Waals surface area contributed by atoms with Crippen molar-refractivity contribution < 1.29 is 0 Å². The fourth-order valence-corrected chi connectivity index (χ4v) is 3.95. The molecule has 0 unspecified atom stereocenters. The summed E-state index contributed by atoms with van der Waals surface area (Å²) in [4.78, 5) is 11.1. The van der Waals surface area contributed by atoms with Crippen LogP contribution >= 0.6 is 11.3 Å². The number of aromatic nitrogens is 5. The van der Waals surface area contributed by atoms with Crippen molar-refractivity contribution in [2.75, 3.05) is 0 Å². The van der Waals surface area contributed by atoms with E-state index in [-0.39, 0.29) is 5.82 Å². The van der Waals surface area contributed by atoms with Crippen molar-refractivity contribution in [3.63, 3.8) is 0 Å². The number of aryl methyl sites for hydroxylation is 2. The predicted octanol–water partition coefficient (Wildman–Crippen LogP) is 2.02. The molecule has 0 atom stereocenters. The van der Waals surface area contributed by atoms with Gasteiger partial charge in [-0.2, -0.15) is 5.26 Å². The highest BCUT2D eigenvalue weighted by Gasteiger charge is 2.21. The lowest BCUT2D eigenvalue weighted by Gasteiger charge is -2.11. The van der Waals surface area contributed by atoms with Gasteiger partial charge in [0.2, 0.25) is 5.82 Å². The molecule has 3 aromatic rings. The van der Waals surface area contributed by atoms with Gasteiger partial charge >= 0.3 is 0 Å². The second-order valence-corrected chi connectivity index (χ2v) is 5.81. The van der Waals surface area contributed by atoms with Gasteiger partial charge in [-0.05, 0) is 31.2 Å². The topological polar surface area (TPSA) is 80.3 Å². The van der Waals surface area contributed by atoms with Gasteiger partial charge in [0.1, 0.15) is 23.6 Å². The Morgan fingerprint density at radius 2 is 2.15 bits per heavy atom. The smallest absolute Gasteiger partial charge is 0.240 e. The number of thiophene rings is 1. The van der Waals surface area contributed by atoms with Crippen LogP contribution in [0.4, 0.5) is 0 Å². The molecule has 3 heterocycles. The van der Waals surface area contributed by atoms with Crippen molar-refractivity contribution >= 4 is 21.6 Å². The summed E-state index contributed by atoms with van der Waals surface area (Å²) in [5.41, 5.74) is 1.34. The van der Waals surface area contributed by atoms with Crippen LogP contribution in [0.25, 0.3) is 16.0 Å². The van der Waals surface area contributed by atoms with E-state index in [1.165, 1.54) is 29.6 Å². The molecule has 0 saturated carbocycles. The quantitative estimate of drug-likeness (QED) is 0.682. The number of nitriles is 1. The molecule has 1 aliphatic carbocycles. The molecule has 0 aromatic carbocycles. The van der Waals surface area contributed by atoms with Gasteiger partial charge < -0.3 is 0 Å². The Morgan fingerprint density at radius 3 is 3.05 bits per heavy atom. The number of hydrogen-bond donors (Lipinski definition) is 0. The molecule has 0 fully saturated rings. The van der Waals surface area contributed by atoms with Gasteiger partial charge in [0.15, 0.2) is 5.82 Å². The first-order valence-electron chi connectivity index (χ1n) is 6.44. The summed E-state index contributed by atoms with van der Waals surface area (Å²) in [5.74, 6) is 0.969. The summed E-state index contributed by atoms with van der Waals surface area (Å²) >= 11 is 1.74. The van der Waals surface area contributed by atoms with E-state index in [1.54, 1.807) is 22.2 Å². The van der Waals surface area contributed by atoms with E-state index < -0.39 is 0 Å². The first-order valence-corrected chi connectivity index (χ1v) is 7.26. The van der Waals surface area contributed by atoms with Crippen LogP contribution in [0.1, 0.15) is 29.1 Å². The normalized spacial score (nSPS) is 14.2. The van der Waals surface area contributed by atoms with E-state index >= 15 is 0 Å². The fourth-order valence-electron chi connectivity index (χ4n) is 2.72. The summed E-state index contributed by atoms with van der Waals surface area (Å²) in [6.07, 6.45) is 7.68. The molecule has 0 aliphatic heterocycles. The van der Waals surface area contributed by atoms with Crippen molar-refractivity contribution in [2.45, 2.75) is 25.7 Å². The van der Waals surface area contributed by atoms with Crippen molar-refractivity contribution in [1.82, 2.24) is 24.7 Å².